The van der Waals surface area contributed by atoms with E-state index >= 15 is 0 Å². The van der Waals surface area contributed by atoms with Crippen LogP contribution in [0, 0.1) is 5.82 Å². The maximum absolute atomic E-state index is 13.9. The van der Waals surface area contributed by atoms with E-state index in [1.165, 1.54) is 28.8 Å². The second-order valence-corrected chi connectivity index (χ2v) is 11.7. The number of aliphatic imine (C=N–C) groups is 1. The van der Waals surface area contributed by atoms with Gasteiger partial charge in [-0.25, -0.2) is 14.2 Å². The number of anilines is 1. The topological polar surface area (TPSA) is 104 Å². The first-order valence-corrected chi connectivity index (χ1v) is 15.4. The fraction of sp³-hybridized carbons (Fsp3) is 0.206. The van der Waals surface area contributed by atoms with Gasteiger partial charge in [-0.1, -0.05) is 66.4 Å². The number of nitrogens with zero attached hydrogens (tertiary/aromatic N) is 4. The number of ether oxygens (including phenoxy) is 1. The highest BCUT2D eigenvalue weighted by Crippen LogP contribution is 2.41. The van der Waals surface area contributed by atoms with Crippen molar-refractivity contribution in [3.63, 3.8) is 0 Å². The molecule has 6 rings (SSSR count). The first-order chi connectivity index (χ1) is 21.9. The predicted molar refractivity (Wildman–Crippen MR) is 170 cm³/mol. The van der Waals surface area contributed by atoms with E-state index in [9.17, 15) is 18.8 Å². The molecule has 1 N–H and O–H groups in total. The molecule has 4 aromatic rings. The van der Waals surface area contributed by atoms with Gasteiger partial charge in [0, 0.05) is 18.4 Å². The van der Waals surface area contributed by atoms with E-state index in [1.54, 1.807) is 53.6 Å². The molecule has 1 aromatic heterocycles. The zero-order valence-electron chi connectivity index (χ0n) is 24.2. The van der Waals surface area contributed by atoms with Crippen LogP contribution in [0.25, 0.3) is 0 Å². The highest BCUT2D eigenvalue weighted by Gasteiger charge is 2.39. The molecule has 228 valence electrons. The molecule has 2 atom stereocenters. The van der Waals surface area contributed by atoms with E-state index in [1.807, 2.05) is 42.5 Å². The number of likely N-dealkylation sites (tertiary alicyclic amines) is 1. The van der Waals surface area contributed by atoms with Crippen LogP contribution < -0.4 is 5.32 Å². The van der Waals surface area contributed by atoms with Crippen LogP contribution in [0.3, 0.4) is 0 Å². The van der Waals surface area contributed by atoms with Crippen LogP contribution in [-0.4, -0.2) is 50.4 Å². The molecule has 11 heteroatoms. The molecule has 3 amide bonds. The lowest BCUT2D eigenvalue weighted by Crippen LogP contribution is -2.43. The Morgan fingerprint density at radius 2 is 1.80 bits per heavy atom. The van der Waals surface area contributed by atoms with Crippen LogP contribution in [0.4, 0.5) is 20.6 Å². The smallest absolute Gasteiger partial charge is 0.410 e. The molecule has 2 aliphatic rings. The molecule has 0 aliphatic carbocycles. The van der Waals surface area contributed by atoms with Crippen molar-refractivity contribution in [2.24, 2.45) is 4.99 Å². The number of aromatic nitrogens is 1. The summed E-state index contributed by atoms with van der Waals surface area (Å²) in [6, 6.07) is 27.2. The molecule has 2 aliphatic heterocycles. The zero-order valence-corrected chi connectivity index (χ0v) is 25.0. The molecule has 45 heavy (non-hydrogen) atoms. The zero-order chi connectivity index (χ0) is 31.2. The average molecular weight is 624 g/mol. The Labute approximate surface area is 264 Å². The molecule has 3 heterocycles. The lowest BCUT2D eigenvalue weighted by molar-refractivity contribution is -0.126. The number of hydrogen-bond acceptors (Lipinski definition) is 7. The molecule has 2 saturated heterocycles. The molecule has 3 aromatic carbocycles. The third kappa shape index (κ3) is 7.21. The first-order valence-electron chi connectivity index (χ1n) is 14.5. The fourth-order valence-corrected chi connectivity index (χ4v) is 6.41. The van der Waals surface area contributed by atoms with E-state index in [0.717, 1.165) is 11.1 Å². The first kappa shape index (κ1) is 30.0. The van der Waals surface area contributed by atoms with Crippen LogP contribution in [0.2, 0.25) is 0 Å². The molecule has 0 radical (unpaired) electrons. The van der Waals surface area contributed by atoms with Crippen LogP contribution in [-0.2, 0) is 27.5 Å². The Hall–Kier alpha value is -5.03. The van der Waals surface area contributed by atoms with Crippen LogP contribution in [0.5, 0.6) is 0 Å². The molecular formula is C34H30FN5O4S. The van der Waals surface area contributed by atoms with Gasteiger partial charge >= 0.3 is 6.09 Å². The van der Waals surface area contributed by atoms with E-state index < -0.39 is 23.2 Å². The second-order valence-electron chi connectivity index (χ2n) is 10.6. The maximum Gasteiger partial charge on any atom is 0.410 e. The Morgan fingerprint density at radius 3 is 2.56 bits per heavy atom. The SMILES string of the molecule is O=C(Nc1ccc(C2S/C(=N\c3cccc(F)c3)N(Cc3ccccn3)C2=O)cc1)[C@@H]1CCCN1C(=O)OCc1ccccc1. The number of amides is 3. The van der Waals surface area contributed by atoms with Crippen LogP contribution in [0.15, 0.2) is 108 Å². The minimum Gasteiger partial charge on any atom is -0.445 e. The van der Waals surface area contributed by atoms with Gasteiger partial charge in [0.05, 0.1) is 17.9 Å². The maximum atomic E-state index is 13.9. The van der Waals surface area contributed by atoms with Crippen molar-refractivity contribution in [2.75, 3.05) is 11.9 Å². The van der Waals surface area contributed by atoms with Gasteiger partial charge in [0.25, 0.3) is 0 Å². The second kappa shape index (κ2) is 13.7. The van der Waals surface area contributed by atoms with E-state index in [0.29, 0.717) is 41.6 Å². The summed E-state index contributed by atoms with van der Waals surface area (Å²) in [6.07, 6.45) is 2.38. The lowest BCUT2D eigenvalue weighted by atomic mass is 10.1. The Bertz CT molecular complexity index is 1700. The molecule has 1 unspecified atom stereocenters. The van der Waals surface area contributed by atoms with Crippen molar-refractivity contribution in [3.05, 3.63) is 126 Å². The molecule has 9 nitrogen and oxygen atoms in total. The number of amidine groups is 1. The number of rotatable bonds is 8. The van der Waals surface area contributed by atoms with Crippen molar-refractivity contribution in [2.45, 2.75) is 37.3 Å². The van der Waals surface area contributed by atoms with Gasteiger partial charge in [-0.2, -0.15) is 0 Å². The monoisotopic (exact) mass is 623 g/mol. The molecular weight excluding hydrogens is 593 g/mol. The highest BCUT2D eigenvalue weighted by molar-refractivity contribution is 8.15. The highest BCUT2D eigenvalue weighted by atomic mass is 32.2. The molecule has 0 saturated carbocycles. The third-order valence-corrected chi connectivity index (χ3v) is 8.73. The summed E-state index contributed by atoms with van der Waals surface area (Å²) < 4.78 is 19.3. The number of thioether (sulfide) groups is 1. The minimum atomic E-state index is -0.637. The number of benzene rings is 3. The lowest BCUT2D eigenvalue weighted by Gasteiger charge is -2.23. The Balaban J connectivity index is 1.13. The van der Waals surface area contributed by atoms with Crippen molar-refractivity contribution < 1.29 is 23.5 Å². The Morgan fingerprint density at radius 1 is 1.00 bits per heavy atom. The number of pyridine rings is 1. The summed E-state index contributed by atoms with van der Waals surface area (Å²) in [5.74, 6) is -0.885. The molecule has 0 spiro atoms. The number of carbonyl (C=O) groups excluding carboxylic acids is 3. The molecule has 2 fully saturated rings. The third-order valence-electron chi connectivity index (χ3n) is 7.50. The van der Waals surface area contributed by atoms with Gasteiger partial charge in [0.1, 0.15) is 23.7 Å². The summed E-state index contributed by atoms with van der Waals surface area (Å²) >= 11 is 1.28. The fourth-order valence-electron chi connectivity index (χ4n) is 5.23. The van der Waals surface area contributed by atoms with Gasteiger partial charge < -0.3 is 10.1 Å². The van der Waals surface area contributed by atoms with Crippen molar-refractivity contribution >= 4 is 46.2 Å². The van der Waals surface area contributed by atoms with Gasteiger partial charge in [0.2, 0.25) is 11.8 Å². The summed E-state index contributed by atoms with van der Waals surface area (Å²) in [6.45, 7) is 0.801. The largest absolute Gasteiger partial charge is 0.445 e. The summed E-state index contributed by atoms with van der Waals surface area (Å²) in [5.41, 5.74) is 3.24. The van der Waals surface area contributed by atoms with Crippen LogP contribution in [0.1, 0.15) is 34.9 Å². The van der Waals surface area contributed by atoms with Gasteiger partial charge in [-0.3, -0.25) is 24.4 Å². The standard InChI is InChI=1S/C34H30FN5O4S/c35-25-10-6-12-27(20-25)38-33-40(21-28-11-4-5-18-36-28)32(42)30(45-33)24-14-16-26(17-15-24)37-31(41)29-13-7-19-39(29)34(43)44-22-23-8-2-1-3-9-23/h1-6,8-12,14-18,20,29-30H,7,13,19,21-22H2,(H,37,41)/b38-33-/t29-,30?/m0/s1. The number of halogens is 1. The summed E-state index contributed by atoms with van der Waals surface area (Å²) in [7, 11) is 0. The van der Waals surface area contributed by atoms with Crippen molar-refractivity contribution in [3.8, 4) is 0 Å². The van der Waals surface area contributed by atoms with Crippen molar-refractivity contribution in [1.29, 1.82) is 0 Å². The number of nitrogens with one attached hydrogen (secondary N) is 1. The van der Waals surface area contributed by atoms with Gasteiger partial charge in [-0.05, 0) is 66.4 Å². The number of hydrogen-bond donors (Lipinski definition) is 1. The summed E-state index contributed by atoms with van der Waals surface area (Å²) in [4.78, 5) is 51.6. The van der Waals surface area contributed by atoms with Gasteiger partial charge in [0.15, 0.2) is 5.17 Å². The minimum absolute atomic E-state index is 0.137. The van der Waals surface area contributed by atoms with Crippen LogP contribution >= 0.6 is 11.8 Å². The van der Waals surface area contributed by atoms with Gasteiger partial charge in [-0.15, -0.1) is 0 Å². The van der Waals surface area contributed by atoms with Crippen molar-refractivity contribution in [1.82, 2.24) is 14.8 Å². The quantitative estimate of drug-likeness (QED) is 0.242. The van der Waals surface area contributed by atoms with E-state index in [4.69, 9.17) is 4.74 Å². The normalized spacial score (nSPS) is 18.8. The average Bonchev–Trinajstić information content (AvgIpc) is 3.67. The molecule has 0 bridgehead atoms. The predicted octanol–water partition coefficient (Wildman–Crippen LogP) is 6.46. The van der Waals surface area contributed by atoms with E-state index in [-0.39, 0.29) is 25.0 Å². The van der Waals surface area contributed by atoms with E-state index in [2.05, 4.69) is 15.3 Å². The number of carbonyl (C=O) groups is 3. The Kier molecular flexibility index (Phi) is 9.16. The summed E-state index contributed by atoms with van der Waals surface area (Å²) in [5, 5.41) is 2.76.